The summed E-state index contributed by atoms with van der Waals surface area (Å²) in [4.78, 5) is 38.4. The van der Waals surface area contributed by atoms with Crippen LogP contribution in [0.3, 0.4) is 0 Å². The molecule has 0 saturated heterocycles. The van der Waals surface area contributed by atoms with E-state index >= 15 is 0 Å². The van der Waals surface area contributed by atoms with E-state index in [1.165, 1.54) is 0 Å². The number of carbonyl (C=O) groups is 2. The van der Waals surface area contributed by atoms with Gasteiger partial charge in [-0.3, -0.25) is 14.6 Å². The molecule has 0 aliphatic rings. The van der Waals surface area contributed by atoms with Crippen molar-refractivity contribution in [2.45, 2.75) is 34.1 Å². The molecular weight excluding hydrogens is 440 g/mol. The third kappa shape index (κ3) is 6.14. The average Bonchev–Trinajstić information content (AvgIpc) is 2.88. The maximum atomic E-state index is 12.8. The highest BCUT2D eigenvalue weighted by Gasteiger charge is 2.19. The molecule has 3 N–H and O–H groups in total. The van der Waals surface area contributed by atoms with Crippen molar-refractivity contribution in [3.63, 3.8) is 0 Å². The van der Waals surface area contributed by atoms with Crippen LogP contribution in [0.4, 0.5) is 5.69 Å². The van der Waals surface area contributed by atoms with Gasteiger partial charge in [0.05, 0.1) is 11.2 Å². The van der Waals surface area contributed by atoms with Crippen LogP contribution >= 0.6 is 0 Å². The number of nitrogens with one attached hydrogen (secondary N) is 1. The predicted molar refractivity (Wildman–Crippen MR) is 142 cm³/mol. The number of aromatic nitrogens is 2. The molecule has 2 heterocycles. The van der Waals surface area contributed by atoms with E-state index in [4.69, 9.17) is 10.7 Å². The van der Waals surface area contributed by atoms with Crippen molar-refractivity contribution < 1.29 is 9.59 Å². The van der Waals surface area contributed by atoms with E-state index < -0.39 is 5.91 Å². The molecule has 8 nitrogen and oxygen atoms in total. The van der Waals surface area contributed by atoms with Gasteiger partial charge >= 0.3 is 0 Å². The first kappa shape index (κ1) is 26.1. The van der Waals surface area contributed by atoms with Crippen molar-refractivity contribution in [2.75, 3.05) is 44.6 Å². The second-order valence-corrected chi connectivity index (χ2v) is 8.36. The van der Waals surface area contributed by atoms with Crippen LogP contribution in [0.15, 0.2) is 42.7 Å². The lowest BCUT2D eigenvalue weighted by Gasteiger charge is -2.20. The van der Waals surface area contributed by atoms with Crippen LogP contribution in [-0.4, -0.2) is 70.9 Å². The minimum atomic E-state index is -0.598. The van der Waals surface area contributed by atoms with E-state index in [9.17, 15) is 9.59 Å². The first-order valence-corrected chi connectivity index (χ1v) is 12.4. The Balaban J connectivity index is 1.98. The summed E-state index contributed by atoms with van der Waals surface area (Å²) in [5.41, 5.74) is 9.33. The fourth-order valence-corrected chi connectivity index (χ4v) is 4.22. The van der Waals surface area contributed by atoms with Crippen LogP contribution in [0, 0.1) is 0 Å². The van der Waals surface area contributed by atoms with Crippen LogP contribution in [-0.2, 0) is 0 Å². The molecule has 8 heteroatoms. The summed E-state index contributed by atoms with van der Waals surface area (Å²) < 4.78 is 0. The minimum Gasteiger partial charge on any atom is -0.384 e. The smallest absolute Gasteiger partial charge is 0.253 e. The molecule has 0 aliphatic carbocycles. The average molecular weight is 477 g/mol. The van der Waals surface area contributed by atoms with Gasteiger partial charge in [-0.05, 0) is 64.2 Å². The van der Waals surface area contributed by atoms with Gasteiger partial charge in [-0.15, -0.1) is 0 Å². The molecule has 3 aromatic rings. The summed E-state index contributed by atoms with van der Waals surface area (Å²) in [5, 5.41) is 4.44. The number of hydrogen-bond acceptors (Lipinski definition) is 6. The molecule has 3 rings (SSSR count). The number of nitrogens with two attached hydrogens (primary N) is 1. The van der Waals surface area contributed by atoms with Crippen LogP contribution in [0.1, 0.15) is 54.8 Å². The minimum absolute atomic E-state index is 0.128. The molecule has 35 heavy (non-hydrogen) atoms. The van der Waals surface area contributed by atoms with Crippen molar-refractivity contribution in [3.05, 3.63) is 53.9 Å². The van der Waals surface area contributed by atoms with Crippen molar-refractivity contribution in [3.8, 4) is 11.3 Å². The Labute approximate surface area is 207 Å². The molecule has 0 spiro atoms. The van der Waals surface area contributed by atoms with Crippen molar-refractivity contribution in [1.82, 2.24) is 19.8 Å². The number of nitrogens with zero attached hydrogens (tertiary/aromatic N) is 4. The zero-order chi connectivity index (χ0) is 25.4. The molecular formula is C27H36N6O2. The van der Waals surface area contributed by atoms with Gasteiger partial charge in [-0.2, -0.15) is 0 Å². The van der Waals surface area contributed by atoms with E-state index in [0.29, 0.717) is 29.9 Å². The Morgan fingerprint density at radius 2 is 1.74 bits per heavy atom. The quantitative estimate of drug-likeness (QED) is 0.383. The molecule has 0 atom stereocenters. The molecule has 186 valence electrons. The van der Waals surface area contributed by atoms with Crippen LogP contribution in [0.5, 0.6) is 0 Å². The summed E-state index contributed by atoms with van der Waals surface area (Å²) in [5.74, 6) is -0.725. The lowest BCUT2D eigenvalue weighted by Crippen LogP contribution is -2.30. The number of hydrogen-bond donors (Lipinski definition) is 2. The number of benzene rings is 1. The summed E-state index contributed by atoms with van der Waals surface area (Å²) in [6.45, 7) is 13.2. The number of carbonyl (C=O) groups excluding carboxylic acids is 2. The Kier molecular flexibility index (Phi) is 9.14. The highest BCUT2D eigenvalue weighted by Crippen LogP contribution is 2.30. The molecule has 0 unspecified atom stereocenters. The Hall–Kier alpha value is -3.52. The van der Waals surface area contributed by atoms with Gasteiger partial charge in [-0.1, -0.05) is 19.9 Å². The van der Waals surface area contributed by atoms with Gasteiger partial charge in [0.15, 0.2) is 0 Å². The van der Waals surface area contributed by atoms with Gasteiger partial charge in [-0.25, -0.2) is 4.98 Å². The molecule has 2 aromatic heterocycles. The van der Waals surface area contributed by atoms with Crippen molar-refractivity contribution in [2.24, 2.45) is 5.73 Å². The van der Waals surface area contributed by atoms with E-state index in [1.807, 2.05) is 26.0 Å². The summed E-state index contributed by atoms with van der Waals surface area (Å²) in [7, 11) is 0. The van der Waals surface area contributed by atoms with Crippen molar-refractivity contribution in [1.29, 1.82) is 0 Å². The maximum Gasteiger partial charge on any atom is 0.253 e. The number of primary amides is 1. The summed E-state index contributed by atoms with van der Waals surface area (Å²) in [6.07, 6.45) is 4.49. The maximum absolute atomic E-state index is 12.8. The Morgan fingerprint density at radius 1 is 1.00 bits per heavy atom. The monoisotopic (exact) mass is 476 g/mol. The summed E-state index contributed by atoms with van der Waals surface area (Å²) >= 11 is 0. The van der Waals surface area contributed by atoms with Gasteiger partial charge < -0.3 is 20.9 Å². The highest BCUT2D eigenvalue weighted by molar-refractivity contribution is 6.04. The van der Waals surface area contributed by atoms with Crippen molar-refractivity contribution >= 4 is 28.4 Å². The van der Waals surface area contributed by atoms with E-state index in [2.05, 4.69) is 29.0 Å². The molecule has 1 aromatic carbocycles. The molecule has 0 radical (unpaired) electrons. The van der Waals surface area contributed by atoms with Crippen LogP contribution in [0.25, 0.3) is 22.2 Å². The molecule has 2 amide bonds. The predicted octanol–water partition coefficient (Wildman–Crippen LogP) is 4.02. The molecule has 0 bridgehead atoms. The van der Waals surface area contributed by atoms with E-state index in [0.717, 1.165) is 49.2 Å². The first-order valence-electron chi connectivity index (χ1n) is 12.4. The van der Waals surface area contributed by atoms with E-state index in [-0.39, 0.29) is 11.5 Å². The third-order valence-corrected chi connectivity index (χ3v) is 6.33. The number of fused-ring (bicyclic) bond motifs is 1. The Morgan fingerprint density at radius 3 is 2.40 bits per heavy atom. The van der Waals surface area contributed by atoms with E-state index in [1.54, 1.807) is 35.5 Å². The second kappa shape index (κ2) is 12.3. The number of pyridine rings is 2. The zero-order valence-electron chi connectivity index (χ0n) is 21.2. The molecule has 0 fully saturated rings. The number of rotatable bonds is 12. The van der Waals surface area contributed by atoms with Gasteiger partial charge in [0.25, 0.3) is 5.91 Å². The normalized spacial score (nSPS) is 11.1. The van der Waals surface area contributed by atoms with Crippen LogP contribution < -0.4 is 11.1 Å². The lowest BCUT2D eigenvalue weighted by molar-refractivity contribution is 0.0773. The number of anilines is 1. The number of amides is 2. The first-order chi connectivity index (χ1) is 16.9. The fourth-order valence-electron chi connectivity index (χ4n) is 4.22. The van der Waals surface area contributed by atoms with Gasteiger partial charge in [0.2, 0.25) is 5.91 Å². The SMILES string of the molecule is CCN(CC)CCCNc1cc(-c2ccc(C(=O)N(CC)CC)cc2C(N)=O)nc2ccncc12. The molecule has 0 aliphatic heterocycles. The highest BCUT2D eigenvalue weighted by atomic mass is 16.2. The third-order valence-electron chi connectivity index (χ3n) is 6.33. The Bertz CT molecular complexity index is 1170. The standard InChI is InChI=1S/C27H36N6O2/c1-5-32(6-2)15-9-13-30-24-17-25(31-23-12-14-29-18-22(23)24)20-11-10-19(16-21(20)26(28)34)27(35)33(7-3)8-4/h10-12,14,16-18H,5-9,13,15H2,1-4H3,(H2,28,34)(H,30,31). The lowest BCUT2D eigenvalue weighted by atomic mass is 9.98. The largest absolute Gasteiger partial charge is 0.384 e. The van der Waals surface area contributed by atoms with Gasteiger partial charge in [0, 0.05) is 59.8 Å². The van der Waals surface area contributed by atoms with Gasteiger partial charge in [0.1, 0.15) is 0 Å². The topological polar surface area (TPSA) is 104 Å². The molecule has 0 saturated carbocycles. The summed E-state index contributed by atoms with van der Waals surface area (Å²) in [6, 6.07) is 8.85. The zero-order valence-corrected chi connectivity index (χ0v) is 21.2. The van der Waals surface area contributed by atoms with Crippen LogP contribution in [0.2, 0.25) is 0 Å². The fraction of sp³-hybridized carbons (Fsp3) is 0.407. The second-order valence-electron chi connectivity index (χ2n) is 8.36.